The van der Waals surface area contributed by atoms with Crippen molar-refractivity contribution in [3.05, 3.63) is 90.4 Å². The maximum Gasteiger partial charge on any atom is 0.255 e. The number of hydrogen-bond donors (Lipinski definition) is 2. The summed E-state index contributed by atoms with van der Waals surface area (Å²) in [5.74, 6) is 0.641. The van der Waals surface area contributed by atoms with Crippen LogP contribution in [0.2, 0.25) is 0 Å². The van der Waals surface area contributed by atoms with E-state index < -0.39 is 0 Å². The number of nitrogens with zero attached hydrogens (tertiary/aromatic N) is 3. The van der Waals surface area contributed by atoms with Crippen LogP contribution in [-0.4, -0.2) is 33.3 Å². The third-order valence-electron chi connectivity index (χ3n) is 6.08. The molecule has 0 spiro atoms. The number of anilines is 1. The Kier molecular flexibility index (Phi) is 7.54. The number of benzene rings is 1. The lowest BCUT2D eigenvalue weighted by Gasteiger charge is -2.27. The number of allylic oxidation sites excluding steroid dienone is 4. The van der Waals surface area contributed by atoms with Gasteiger partial charge in [0.2, 0.25) is 0 Å². The van der Waals surface area contributed by atoms with Gasteiger partial charge in [-0.1, -0.05) is 61.6 Å². The maximum atomic E-state index is 13.3. The molecule has 3 N–H and O–H groups in total. The smallest absolute Gasteiger partial charge is 0.255 e. The molecule has 1 aliphatic carbocycles. The van der Waals surface area contributed by atoms with Crippen LogP contribution in [0.15, 0.2) is 79.3 Å². The Morgan fingerprint density at radius 3 is 2.71 bits per heavy atom. The van der Waals surface area contributed by atoms with Gasteiger partial charge in [-0.15, -0.1) is 0 Å². The molecule has 1 aromatic carbocycles. The van der Waals surface area contributed by atoms with Gasteiger partial charge in [0.25, 0.3) is 5.91 Å². The molecule has 0 fully saturated rings. The lowest BCUT2D eigenvalue weighted by molar-refractivity contribution is 0.0760. The summed E-state index contributed by atoms with van der Waals surface area (Å²) in [4.78, 5) is 17.5. The van der Waals surface area contributed by atoms with Crippen LogP contribution >= 0.6 is 0 Å². The fourth-order valence-corrected chi connectivity index (χ4v) is 4.10. The molecule has 0 saturated carbocycles. The second-order valence-electron chi connectivity index (χ2n) is 8.76. The lowest BCUT2D eigenvalue weighted by atomic mass is 9.85. The largest absolute Gasteiger partial charge is 0.383 e. The zero-order chi connectivity index (χ0) is 23.9. The van der Waals surface area contributed by atoms with E-state index in [-0.39, 0.29) is 17.8 Å². The van der Waals surface area contributed by atoms with Crippen LogP contribution in [-0.2, 0) is 18.4 Å². The topological polar surface area (TPSA) is 95.1 Å². The van der Waals surface area contributed by atoms with Crippen molar-refractivity contribution in [2.45, 2.75) is 26.0 Å². The van der Waals surface area contributed by atoms with Gasteiger partial charge in [-0.25, -0.2) is 4.98 Å². The zero-order valence-corrected chi connectivity index (χ0v) is 19.6. The van der Waals surface area contributed by atoms with E-state index in [1.165, 1.54) is 0 Å². The molecule has 7 heteroatoms. The van der Waals surface area contributed by atoms with Crippen LogP contribution in [0.4, 0.5) is 5.82 Å². The molecule has 3 aromatic rings. The highest BCUT2D eigenvalue weighted by Crippen LogP contribution is 2.25. The maximum absolute atomic E-state index is 13.3. The second kappa shape index (κ2) is 10.9. The Bertz CT molecular complexity index is 1170. The number of pyridine rings is 1. The number of hydrogen-bond acceptors (Lipinski definition) is 5. The van der Waals surface area contributed by atoms with E-state index in [4.69, 9.17) is 10.5 Å². The Morgan fingerprint density at radius 1 is 1.18 bits per heavy atom. The molecule has 4 rings (SSSR count). The highest BCUT2D eigenvalue weighted by Gasteiger charge is 2.23. The molecule has 0 saturated heterocycles. The first-order valence-electron chi connectivity index (χ1n) is 11.5. The van der Waals surface area contributed by atoms with Crippen LogP contribution in [0, 0.1) is 11.8 Å². The number of ether oxygens (including phenoxy) is 1. The molecule has 1 aliphatic rings. The van der Waals surface area contributed by atoms with E-state index in [0.29, 0.717) is 30.6 Å². The van der Waals surface area contributed by atoms with Crippen LogP contribution in [0.25, 0.3) is 11.1 Å². The average molecular weight is 458 g/mol. The quantitative estimate of drug-likeness (QED) is 0.503. The summed E-state index contributed by atoms with van der Waals surface area (Å²) in [7, 11) is 1.85. The van der Waals surface area contributed by atoms with Crippen molar-refractivity contribution < 1.29 is 9.53 Å². The summed E-state index contributed by atoms with van der Waals surface area (Å²) in [5, 5.41) is 7.35. The Morgan fingerprint density at radius 2 is 1.97 bits per heavy atom. The van der Waals surface area contributed by atoms with Crippen LogP contribution in [0.5, 0.6) is 0 Å². The predicted octanol–water partition coefficient (Wildman–Crippen LogP) is 4.15. The second-order valence-corrected chi connectivity index (χ2v) is 8.76. The monoisotopic (exact) mass is 457 g/mol. The van der Waals surface area contributed by atoms with E-state index in [1.807, 2.05) is 43.6 Å². The molecule has 0 aliphatic heterocycles. The Labute approximate surface area is 200 Å². The zero-order valence-electron chi connectivity index (χ0n) is 19.6. The van der Waals surface area contributed by atoms with Gasteiger partial charge in [0, 0.05) is 30.6 Å². The number of carbonyl (C=O) groups is 1. The van der Waals surface area contributed by atoms with Crippen LogP contribution < -0.4 is 11.1 Å². The standard InChI is InChI=1S/C27H31N5O2/c1-19-8-6-7-11-21(19)12-24(18-34-17-20-9-4-3-5-10-20)31-27(33)25-13-22(14-29-26(25)28)23-15-30-32(2)16-23/h3-11,13-16,19,21,24H,12,17-18H2,1-2H3,(H2,28,29)(H,31,33)/t19?,21?,24-/m1/s1. The van der Waals surface area contributed by atoms with Crippen molar-refractivity contribution in [3.8, 4) is 11.1 Å². The van der Waals surface area contributed by atoms with E-state index >= 15 is 0 Å². The SMILES string of the molecule is CC1C=CC=CC1C[C@H](COCc1ccccc1)NC(=O)c1cc(-c2cnn(C)c2)cnc1N. The molecule has 3 atom stereocenters. The van der Waals surface area contributed by atoms with Crippen molar-refractivity contribution in [3.63, 3.8) is 0 Å². The fourth-order valence-electron chi connectivity index (χ4n) is 4.10. The molecule has 0 radical (unpaired) electrons. The number of nitrogens with one attached hydrogen (secondary N) is 1. The highest BCUT2D eigenvalue weighted by molar-refractivity contribution is 5.99. The van der Waals surface area contributed by atoms with Crippen molar-refractivity contribution in [1.29, 1.82) is 0 Å². The number of rotatable bonds is 9. The van der Waals surface area contributed by atoms with Gasteiger partial charge in [0.15, 0.2) is 0 Å². The fraction of sp³-hybridized carbons (Fsp3) is 0.296. The van der Waals surface area contributed by atoms with Gasteiger partial charge in [-0.3, -0.25) is 9.48 Å². The number of aromatic nitrogens is 3. The van der Waals surface area contributed by atoms with Crippen molar-refractivity contribution in [2.24, 2.45) is 18.9 Å². The Hall–Kier alpha value is -3.71. The molecule has 2 aromatic heterocycles. The van der Waals surface area contributed by atoms with E-state index in [1.54, 1.807) is 23.1 Å². The van der Waals surface area contributed by atoms with Gasteiger partial charge in [0.1, 0.15) is 5.82 Å². The van der Waals surface area contributed by atoms with Crippen LogP contribution in [0.3, 0.4) is 0 Å². The molecule has 2 heterocycles. The van der Waals surface area contributed by atoms with Gasteiger partial charge >= 0.3 is 0 Å². The number of nitrogens with two attached hydrogens (primary N) is 1. The molecular weight excluding hydrogens is 426 g/mol. The minimum atomic E-state index is -0.257. The highest BCUT2D eigenvalue weighted by atomic mass is 16.5. The summed E-state index contributed by atoms with van der Waals surface area (Å²) >= 11 is 0. The molecule has 2 unspecified atom stereocenters. The summed E-state index contributed by atoms with van der Waals surface area (Å²) in [5.41, 5.74) is 9.20. The number of carbonyl (C=O) groups excluding carboxylic acids is 1. The predicted molar refractivity (Wildman–Crippen MR) is 134 cm³/mol. The van der Waals surface area contributed by atoms with Gasteiger partial charge in [0.05, 0.1) is 31.0 Å². The normalized spacial score (nSPS) is 18.1. The number of nitrogen functional groups attached to an aromatic ring is 1. The van der Waals surface area contributed by atoms with Crippen LogP contribution in [0.1, 0.15) is 29.3 Å². The lowest BCUT2D eigenvalue weighted by Crippen LogP contribution is -2.40. The van der Waals surface area contributed by atoms with E-state index in [9.17, 15) is 4.79 Å². The van der Waals surface area contributed by atoms with E-state index in [2.05, 4.69) is 46.6 Å². The minimum Gasteiger partial charge on any atom is -0.383 e. The summed E-state index contributed by atoms with van der Waals surface area (Å²) < 4.78 is 7.71. The number of aryl methyl sites for hydroxylation is 1. The van der Waals surface area contributed by atoms with Crippen molar-refractivity contribution in [2.75, 3.05) is 12.3 Å². The first-order chi connectivity index (χ1) is 16.5. The van der Waals surface area contributed by atoms with Crippen molar-refractivity contribution >= 4 is 11.7 Å². The third kappa shape index (κ3) is 5.99. The molecule has 34 heavy (non-hydrogen) atoms. The summed E-state index contributed by atoms with van der Waals surface area (Å²) in [6.45, 7) is 3.08. The third-order valence-corrected chi connectivity index (χ3v) is 6.08. The van der Waals surface area contributed by atoms with Gasteiger partial charge in [-0.05, 0) is 29.9 Å². The van der Waals surface area contributed by atoms with Crippen molar-refractivity contribution in [1.82, 2.24) is 20.1 Å². The minimum absolute atomic E-state index is 0.179. The van der Waals surface area contributed by atoms with Gasteiger partial charge < -0.3 is 15.8 Å². The summed E-state index contributed by atoms with van der Waals surface area (Å²) in [6, 6.07) is 11.6. The molecular formula is C27H31N5O2. The van der Waals surface area contributed by atoms with E-state index in [0.717, 1.165) is 23.1 Å². The van der Waals surface area contributed by atoms with Gasteiger partial charge in [-0.2, -0.15) is 5.10 Å². The first kappa shape index (κ1) is 23.4. The molecule has 176 valence electrons. The first-order valence-corrected chi connectivity index (χ1v) is 11.5. The average Bonchev–Trinajstić information content (AvgIpc) is 3.27. The Balaban J connectivity index is 1.48. The summed E-state index contributed by atoms with van der Waals surface area (Å²) in [6.07, 6.45) is 14.5. The number of amides is 1. The molecule has 1 amide bonds. The molecule has 0 bridgehead atoms. The molecule has 7 nitrogen and oxygen atoms in total.